The third-order valence-corrected chi connectivity index (χ3v) is 5.33. The molecule has 0 amide bonds. The smallest absolute Gasteiger partial charge is 0.0485 e. The van der Waals surface area contributed by atoms with Crippen molar-refractivity contribution in [1.29, 1.82) is 0 Å². The number of benzene rings is 4. The van der Waals surface area contributed by atoms with Gasteiger partial charge in [0.1, 0.15) is 0 Å². The van der Waals surface area contributed by atoms with Crippen LogP contribution in [-0.2, 0) is 0 Å². The van der Waals surface area contributed by atoms with Gasteiger partial charge in [-0.25, -0.2) is 0 Å². The van der Waals surface area contributed by atoms with Crippen LogP contribution < -0.4 is 4.90 Å². The van der Waals surface area contributed by atoms with Crippen molar-refractivity contribution in [3.8, 4) is 0 Å². The molecule has 0 aliphatic heterocycles. The van der Waals surface area contributed by atoms with Gasteiger partial charge in [0.05, 0.1) is 0 Å². The molecule has 0 aliphatic carbocycles. The van der Waals surface area contributed by atoms with E-state index in [0.717, 1.165) is 22.6 Å². The van der Waals surface area contributed by atoms with Gasteiger partial charge in [0.2, 0.25) is 0 Å². The van der Waals surface area contributed by atoms with E-state index in [9.17, 15) is 0 Å². The molecule has 0 aliphatic rings. The van der Waals surface area contributed by atoms with E-state index in [-0.39, 0.29) is 0 Å². The van der Waals surface area contributed by atoms with Crippen LogP contribution in [0.4, 0.5) is 17.1 Å². The lowest BCUT2D eigenvalue weighted by Gasteiger charge is -2.25. The maximum absolute atomic E-state index is 3.57. The lowest BCUT2D eigenvalue weighted by Crippen LogP contribution is -2.09. The van der Waals surface area contributed by atoms with Crippen LogP contribution in [0.3, 0.4) is 0 Å². The quantitative estimate of drug-likeness (QED) is 0.354. The number of rotatable bonds is 3. The SMILES string of the molecule is Cc1ccc(N(c2ccc(C)cc2)c2ccc3c(c2)[nH]c2ccccc23)cc1. The van der Waals surface area contributed by atoms with E-state index in [4.69, 9.17) is 0 Å². The number of anilines is 3. The molecule has 1 N–H and O–H groups in total. The summed E-state index contributed by atoms with van der Waals surface area (Å²) in [5, 5.41) is 2.52. The first-order valence-electron chi connectivity index (χ1n) is 9.63. The van der Waals surface area contributed by atoms with Gasteiger partial charge < -0.3 is 9.88 Å². The van der Waals surface area contributed by atoms with Crippen molar-refractivity contribution < 1.29 is 0 Å². The van der Waals surface area contributed by atoms with Gasteiger partial charge in [-0.3, -0.25) is 0 Å². The fraction of sp³-hybridized carbons (Fsp3) is 0.0769. The highest BCUT2D eigenvalue weighted by Gasteiger charge is 2.14. The molecule has 28 heavy (non-hydrogen) atoms. The minimum absolute atomic E-state index is 1.15. The fourth-order valence-electron chi connectivity index (χ4n) is 3.82. The predicted molar refractivity (Wildman–Crippen MR) is 120 cm³/mol. The van der Waals surface area contributed by atoms with Gasteiger partial charge >= 0.3 is 0 Å². The third-order valence-electron chi connectivity index (χ3n) is 5.33. The molecular weight excluding hydrogens is 340 g/mol. The Morgan fingerprint density at radius 3 is 1.71 bits per heavy atom. The van der Waals surface area contributed by atoms with Gasteiger partial charge in [-0.2, -0.15) is 0 Å². The van der Waals surface area contributed by atoms with Gasteiger partial charge in [-0.1, -0.05) is 59.7 Å². The second kappa shape index (κ2) is 6.58. The normalized spacial score (nSPS) is 11.2. The molecule has 2 heteroatoms. The largest absolute Gasteiger partial charge is 0.354 e. The molecule has 4 aromatic carbocycles. The Morgan fingerprint density at radius 2 is 1.07 bits per heavy atom. The standard InChI is InChI=1S/C26H22N2/c1-18-7-11-20(12-8-18)28(21-13-9-19(2)10-14-21)22-15-16-24-23-5-3-4-6-25(23)27-26(24)17-22/h3-17,27H,1-2H3. The summed E-state index contributed by atoms with van der Waals surface area (Å²) in [4.78, 5) is 5.88. The van der Waals surface area contributed by atoms with E-state index >= 15 is 0 Å². The Morgan fingerprint density at radius 1 is 0.536 bits per heavy atom. The van der Waals surface area contributed by atoms with E-state index < -0.39 is 0 Å². The number of nitrogens with zero attached hydrogens (tertiary/aromatic N) is 1. The van der Waals surface area contributed by atoms with Crippen LogP contribution in [0, 0.1) is 13.8 Å². The highest BCUT2D eigenvalue weighted by atomic mass is 15.1. The molecule has 1 heterocycles. The van der Waals surface area contributed by atoms with Crippen molar-refractivity contribution >= 4 is 38.9 Å². The molecule has 2 nitrogen and oxygen atoms in total. The fourth-order valence-corrected chi connectivity index (χ4v) is 3.82. The third kappa shape index (κ3) is 2.84. The number of nitrogens with one attached hydrogen (secondary N) is 1. The van der Waals surface area contributed by atoms with Gasteiger partial charge in [0.15, 0.2) is 0 Å². The van der Waals surface area contributed by atoms with Crippen LogP contribution in [0.2, 0.25) is 0 Å². The van der Waals surface area contributed by atoms with E-state index in [1.807, 2.05) is 0 Å². The number of H-pyrrole nitrogens is 1. The lowest BCUT2D eigenvalue weighted by molar-refractivity contribution is 1.27. The molecule has 0 radical (unpaired) electrons. The van der Waals surface area contributed by atoms with Gasteiger partial charge in [-0.15, -0.1) is 0 Å². The van der Waals surface area contributed by atoms with Crippen LogP contribution >= 0.6 is 0 Å². The summed E-state index contributed by atoms with van der Waals surface area (Å²) in [7, 11) is 0. The number of aryl methyl sites for hydroxylation is 2. The molecule has 0 atom stereocenters. The topological polar surface area (TPSA) is 19.0 Å². The molecule has 0 unspecified atom stereocenters. The number of aromatic amines is 1. The summed E-state index contributed by atoms with van der Waals surface area (Å²) in [6, 6.07) is 32.5. The van der Waals surface area contributed by atoms with E-state index in [1.54, 1.807) is 0 Å². The first-order chi connectivity index (χ1) is 13.7. The summed E-state index contributed by atoms with van der Waals surface area (Å²) in [6.07, 6.45) is 0. The van der Waals surface area contributed by atoms with Crippen molar-refractivity contribution in [3.63, 3.8) is 0 Å². The summed E-state index contributed by atoms with van der Waals surface area (Å²) in [5.74, 6) is 0. The van der Waals surface area contributed by atoms with Gasteiger partial charge in [-0.05, 0) is 56.3 Å². The number of aromatic nitrogens is 1. The number of para-hydroxylation sites is 1. The highest BCUT2D eigenvalue weighted by molar-refractivity contribution is 6.08. The average Bonchev–Trinajstić information content (AvgIpc) is 3.09. The van der Waals surface area contributed by atoms with Crippen LogP contribution in [-0.4, -0.2) is 4.98 Å². The average molecular weight is 362 g/mol. The zero-order valence-electron chi connectivity index (χ0n) is 16.1. The summed E-state index contributed by atoms with van der Waals surface area (Å²) >= 11 is 0. The van der Waals surface area contributed by atoms with Crippen molar-refractivity contribution in [1.82, 2.24) is 4.98 Å². The number of hydrogen-bond donors (Lipinski definition) is 1. The van der Waals surface area contributed by atoms with Crippen molar-refractivity contribution in [2.24, 2.45) is 0 Å². The minimum Gasteiger partial charge on any atom is -0.354 e. The van der Waals surface area contributed by atoms with Crippen LogP contribution in [0.15, 0.2) is 91.0 Å². The molecular formula is C26H22N2. The minimum atomic E-state index is 1.15. The van der Waals surface area contributed by atoms with Crippen LogP contribution in [0.25, 0.3) is 21.8 Å². The molecule has 0 saturated carbocycles. The molecule has 0 saturated heterocycles. The molecule has 0 spiro atoms. The predicted octanol–water partition coefficient (Wildman–Crippen LogP) is 7.41. The van der Waals surface area contributed by atoms with Crippen LogP contribution in [0.5, 0.6) is 0 Å². The summed E-state index contributed by atoms with van der Waals surface area (Å²) < 4.78 is 0. The second-order valence-corrected chi connectivity index (χ2v) is 7.41. The first-order valence-corrected chi connectivity index (χ1v) is 9.63. The van der Waals surface area contributed by atoms with Crippen molar-refractivity contribution in [2.75, 3.05) is 4.90 Å². The molecule has 136 valence electrons. The Hall–Kier alpha value is -3.52. The van der Waals surface area contributed by atoms with Crippen molar-refractivity contribution in [3.05, 3.63) is 102 Å². The summed E-state index contributed by atoms with van der Waals surface area (Å²) in [6.45, 7) is 4.24. The maximum atomic E-state index is 3.57. The molecule has 1 aromatic heterocycles. The molecule has 5 rings (SSSR count). The van der Waals surface area contributed by atoms with Gasteiger partial charge in [0.25, 0.3) is 0 Å². The van der Waals surface area contributed by atoms with E-state index in [0.29, 0.717) is 0 Å². The maximum Gasteiger partial charge on any atom is 0.0485 e. The second-order valence-electron chi connectivity index (χ2n) is 7.41. The molecule has 5 aromatic rings. The monoisotopic (exact) mass is 362 g/mol. The van der Waals surface area contributed by atoms with E-state index in [2.05, 4.69) is 115 Å². The van der Waals surface area contributed by atoms with Gasteiger partial charge in [0, 0.05) is 38.9 Å². The number of fused-ring (bicyclic) bond motifs is 3. The van der Waals surface area contributed by atoms with E-state index in [1.165, 1.54) is 27.4 Å². The Balaban J connectivity index is 1.70. The first kappa shape index (κ1) is 16.6. The number of hydrogen-bond acceptors (Lipinski definition) is 1. The molecule has 0 fully saturated rings. The zero-order valence-corrected chi connectivity index (χ0v) is 16.1. The Labute approximate surface area is 165 Å². The highest BCUT2D eigenvalue weighted by Crippen LogP contribution is 2.37. The lowest BCUT2D eigenvalue weighted by atomic mass is 10.1. The molecule has 0 bridgehead atoms. The summed E-state index contributed by atoms with van der Waals surface area (Å²) in [5.41, 5.74) is 8.31. The van der Waals surface area contributed by atoms with Crippen molar-refractivity contribution in [2.45, 2.75) is 13.8 Å². The Bertz CT molecular complexity index is 1220. The Kier molecular flexibility index (Phi) is 3.91. The zero-order chi connectivity index (χ0) is 19.1. The van der Waals surface area contributed by atoms with Crippen LogP contribution in [0.1, 0.15) is 11.1 Å².